The third kappa shape index (κ3) is 12.9. The molecule has 0 saturated carbocycles. The maximum Gasteiger partial charge on any atom is 0.290 e. The van der Waals surface area contributed by atoms with Crippen LogP contribution in [-0.2, 0) is 46.4 Å². The maximum atomic E-state index is 13.5. The summed E-state index contributed by atoms with van der Waals surface area (Å²) >= 11 is 0. The van der Waals surface area contributed by atoms with E-state index in [1.54, 1.807) is 6.92 Å². The normalized spacial score (nSPS) is 14.0. The molecule has 0 heterocycles. The van der Waals surface area contributed by atoms with Crippen molar-refractivity contribution in [2.45, 2.75) is 97.7 Å². The molecule has 0 fully saturated rings. The molecule has 0 aliphatic rings. The van der Waals surface area contributed by atoms with Crippen LogP contribution in [0.4, 0.5) is 0 Å². The smallest absolute Gasteiger partial charge is 0.290 e. The zero-order chi connectivity index (χ0) is 38.4. The second-order valence-electron chi connectivity index (χ2n) is 14.0. The Kier molecular flexibility index (Phi) is 15.9. The zero-order valence-corrected chi connectivity index (χ0v) is 30.8. The molecular weight excluding hydrogens is 660 g/mol. The van der Waals surface area contributed by atoms with Crippen LogP contribution in [0, 0.1) is 17.8 Å². The second-order valence-corrected chi connectivity index (χ2v) is 14.0. The molecule has 52 heavy (non-hydrogen) atoms. The topological polar surface area (TPSA) is 182 Å². The minimum atomic E-state index is -1.21. The molecule has 0 aliphatic carbocycles. The number of hydrogen-bond donors (Lipinski definition) is 4. The quantitative estimate of drug-likeness (QED) is 0.120. The van der Waals surface area contributed by atoms with Gasteiger partial charge in [-0.2, -0.15) is 0 Å². The summed E-state index contributed by atoms with van der Waals surface area (Å²) in [7, 11) is 0. The van der Waals surface area contributed by atoms with Gasteiger partial charge in [-0.25, -0.2) is 0 Å². The van der Waals surface area contributed by atoms with E-state index in [0.717, 1.165) is 21.9 Å². The number of hydrogen-bond acceptors (Lipinski definition) is 7. The fourth-order valence-electron chi connectivity index (χ4n) is 6.12. The van der Waals surface area contributed by atoms with Gasteiger partial charge in [0, 0.05) is 32.1 Å². The van der Waals surface area contributed by atoms with E-state index in [0.29, 0.717) is 6.42 Å². The molecule has 11 nitrogen and oxygen atoms in total. The van der Waals surface area contributed by atoms with E-state index in [1.807, 2.05) is 93.6 Å². The molecule has 3 aromatic carbocycles. The van der Waals surface area contributed by atoms with Gasteiger partial charge >= 0.3 is 0 Å². The number of nitrogens with one attached hydrogen (secondary N) is 3. The fourth-order valence-corrected chi connectivity index (χ4v) is 6.12. The van der Waals surface area contributed by atoms with Crippen LogP contribution in [0.3, 0.4) is 0 Å². The minimum Gasteiger partial charge on any atom is -0.369 e. The van der Waals surface area contributed by atoms with Gasteiger partial charge in [0.05, 0.1) is 18.1 Å². The minimum absolute atomic E-state index is 0.0318. The molecule has 0 saturated heterocycles. The lowest BCUT2D eigenvalue weighted by molar-refractivity contribution is -0.142. The third-order valence-corrected chi connectivity index (χ3v) is 9.23. The Hall–Kier alpha value is -5.19. The van der Waals surface area contributed by atoms with Gasteiger partial charge in [-0.3, -0.25) is 33.6 Å². The van der Waals surface area contributed by atoms with Gasteiger partial charge in [-0.15, -0.1) is 0 Å². The molecule has 278 valence electrons. The SMILES string of the molecule is CC[C@H](C)C(NC(=O)CCC(=O)[C@H](Cc1ccc2ccccc2c1)NC(C)=O)C(=O)C(=O)N[C@@H](CC(C)C)C(=O)C[C@@H](Cc1ccccc1)C(N)=O. The van der Waals surface area contributed by atoms with Gasteiger partial charge in [-0.05, 0) is 53.0 Å². The highest BCUT2D eigenvalue weighted by atomic mass is 16.2. The summed E-state index contributed by atoms with van der Waals surface area (Å²) in [6.45, 7) is 8.58. The Labute approximate surface area is 305 Å². The molecule has 0 radical (unpaired) electrons. The molecule has 0 spiro atoms. The number of nitrogens with two attached hydrogens (primary N) is 1. The van der Waals surface area contributed by atoms with Crippen molar-refractivity contribution in [1.82, 2.24) is 16.0 Å². The van der Waals surface area contributed by atoms with Gasteiger partial charge in [-0.1, -0.05) is 107 Å². The lowest BCUT2D eigenvalue weighted by atomic mass is 9.89. The predicted octanol–water partition coefficient (Wildman–Crippen LogP) is 4.17. The van der Waals surface area contributed by atoms with Crippen molar-refractivity contribution in [3.05, 3.63) is 83.9 Å². The summed E-state index contributed by atoms with van der Waals surface area (Å²) in [6.07, 6.45) is 0.492. The van der Waals surface area contributed by atoms with E-state index >= 15 is 0 Å². The Morgan fingerprint density at radius 3 is 1.96 bits per heavy atom. The first-order valence-electron chi connectivity index (χ1n) is 18.0. The van der Waals surface area contributed by atoms with Gasteiger partial charge in [0.1, 0.15) is 0 Å². The first kappa shape index (κ1) is 41.2. The Morgan fingerprint density at radius 1 is 0.692 bits per heavy atom. The summed E-state index contributed by atoms with van der Waals surface area (Å²) in [4.78, 5) is 91.0. The first-order valence-corrected chi connectivity index (χ1v) is 18.0. The standard InChI is InChI=1S/C41H52N4O7/c1-6-26(4)38(39(50)41(52)44-33(20-25(2)3)36(48)24-32(40(42)51)21-28-12-8-7-9-13-28)45-37(49)19-18-35(47)34(43-27(5)46)23-29-16-17-30-14-10-11-15-31(30)22-29/h7-17,22,25-26,32-34,38H,6,18-21,23-24H2,1-5H3,(H2,42,51)(H,43,46)(H,44,52)(H,45,49)/t26-,32+,33-,34-,38?/m0/s1. The number of primary amides is 1. The number of amides is 4. The van der Waals surface area contributed by atoms with Crippen molar-refractivity contribution in [2.75, 3.05) is 0 Å². The van der Waals surface area contributed by atoms with Gasteiger partial charge < -0.3 is 21.7 Å². The second kappa shape index (κ2) is 20.0. The Morgan fingerprint density at radius 2 is 1.35 bits per heavy atom. The average Bonchev–Trinajstić information content (AvgIpc) is 3.11. The molecule has 4 amide bonds. The van der Waals surface area contributed by atoms with Gasteiger partial charge in [0.25, 0.3) is 5.91 Å². The molecule has 5 N–H and O–H groups in total. The number of fused-ring (bicyclic) bond motifs is 1. The number of benzene rings is 3. The largest absolute Gasteiger partial charge is 0.369 e. The van der Waals surface area contributed by atoms with E-state index in [9.17, 15) is 33.6 Å². The first-order chi connectivity index (χ1) is 24.7. The van der Waals surface area contributed by atoms with Crippen molar-refractivity contribution in [3.63, 3.8) is 0 Å². The average molecular weight is 713 g/mol. The van der Waals surface area contributed by atoms with Crippen molar-refractivity contribution < 1.29 is 33.6 Å². The summed E-state index contributed by atoms with van der Waals surface area (Å²) in [6, 6.07) is 19.6. The van der Waals surface area contributed by atoms with Crippen LogP contribution in [-0.4, -0.2) is 59.1 Å². The summed E-state index contributed by atoms with van der Waals surface area (Å²) in [5, 5.41) is 9.94. The van der Waals surface area contributed by atoms with Crippen LogP contribution < -0.4 is 21.7 Å². The van der Waals surface area contributed by atoms with E-state index in [-0.39, 0.29) is 56.1 Å². The zero-order valence-electron chi connectivity index (χ0n) is 30.8. The van der Waals surface area contributed by atoms with E-state index < -0.39 is 59.2 Å². The Bertz CT molecular complexity index is 1740. The number of carbonyl (C=O) groups excluding carboxylic acids is 7. The number of Topliss-reactive ketones (excluding diaryl/α,β-unsaturated/α-hetero) is 3. The number of ketones is 3. The van der Waals surface area contributed by atoms with Crippen molar-refractivity contribution in [2.24, 2.45) is 23.5 Å². The molecule has 3 rings (SSSR count). The lowest BCUT2D eigenvalue weighted by Crippen LogP contribution is -2.54. The van der Waals surface area contributed by atoms with Crippen LogP contribution in [0.15, 0.2) is 72.8 Å². The summed E-state index contributed by atoms with van der Waals surface area (Å²) in [5.41, 5.74) is 7.32. The van der Waals surface area contributed by atoms with E-state index in [1.165, 1.54) is 6.92 Å². The highest BCUT2D eigenvalue weighted by Gasteiger charge is 2.34. The van der Waals surface area contributed by atoms with Crippen molar-refractivity contribution in [1.29, 1.82) is 0 Å². The highest BCUT2D eigenvalue weighted by Crippen LogP contribution is 2.19. The maximum absolute atomic E-state index is 13.5. The Balaban J connectivity index is 1.66. The lowest BCUT2D eigenvalue weighted by Gasteiger charge is -2.25. The van der Waals surface area contributed by atoms with E-state index in [2.05, 4.69) is 16.0 Å². The monoisotopic (exact) mass is 712 g/mol. The molecular formula is C41H52N4O7. The fraction of sp³-hybridized carbons (Fsp3) is 0.439. The number of rotatable bonds is 21. The van der Waals surface area contributed by atoms with Gasteiger partial charge in [0.2, 0.25) is 23.5 Å². The number of carbonyl (C=O) groups is 7. The van der Waals surface area contributed by atoms with Gasteiger partial charge in [0.15, 0.2) is 11.6 Å². The predicted molar refractivity (Wildman–Crippen MR) is 200 cm³/mol. The van der Waals surface area contributed by atoms with Crippen LogP contribution >= 0.6 is 0 Å². The third-order valence-electron chi connectivity index (χ3n) is 9.23. The summed E-state index contributed by atoms with van der Waals surface area (Å²) < 4.78 is 0. The molecule has 5 atom stereocenters. The molecule has 0 bridgehead atoms. The van der Waals surface area contributed by atoms with Crippen molar-refractivity contribution in [3.8, 4) is 0 Å². The van der Waals surface area contributed by atoms with Crippen LogP contribution in [0.5, 0.6) is 0 Å². The van der Waals surface area contributed by atoms with Crippen LogP contribution in [0.1, 0.15) is 77.8 Å². The van der Waals surface area contributed by atoms with Crippen LogP contribution in [0.2, 0.25) is 0 Å². The van der Waals surface area contributed by atoms with Crippen LogP contribution in [0.25, 0.3) is 10.8 Å². The molecule has 3 aromatic rings. The highest BCUT2D eigenvalue weighted by molar-refractivity contribution is 6.39. The molecule has 0 aromatic heterocycles. The van der Waals surface area contributed by atoms with Crippen molar-refractivity contribution >= 4 is 51.8 Å². The molecule has 1 unspecified atom stereocenters. The van der Waals surface area contributed by atoms with E-state index in [4.69, 9.17) is 5.73 Å². The molecule has 11 heteroatoms. The molecule has 0 aliphatic heterocycles. The summed E-state index contributed by atoms with van der Waals surface area (Å²) in [5.74, 6) is -5.62.